The summed E-state index contributed by atoms with van der Waals surface area (Å²) in [5.74, 6) is -2.26. The van der Waals surface area contributed by atoms with Gasteiger partial charge in [-0.15, -0.1) is 0 Å². The molecule has 0 spiro atoms. The molecule has 0 bridgehead atoms. The van der Waals surface area contributed by atoms with Gasteiger partial charge in [-0.25, -0.2) is 8.78 Å². The Morgan fingerprint density at radius 1 is 0.816 bits per heavy atom. The van der Waals surface area contributed by atoms with Crippen LogP contribution in [0.1, 0.15) is 57.8 Å². The highest BCUT2D eigenvalue weighted by atomic mass is 19.2. The van der Waals surface area contributed by atoms with E-state index in [1.807, 2.05) is 19.1 Å². The monoisotopic (exact) mass is 524 g/mol. The van der Waals surface area contributed by atoms with Gasteiger partial charge in [0.25, 0.3) is 0 Å². The van der Waals surface area contributed by atoms with Gasteiger partial charge in [0, 0.05) is 17.0 Å². The van der Waals surface area contributed by atoms with Crippen molar-refractivity contribution in [2.75, 3.05) is 19.8 Å². The van der Waals surface area contributed by atoms with Crippen molar-refractivity contribution in [1.82, 2.24) is 0 Å². The molecule has 0 radical (unpaired) electrons. The van der Waals surface area contributed by atoms with E-state index >= 15 is 0 Å². The first-order valence-corrected chi connectivity index (χ1v) is 13.4. The number of ether oxygens (including phenoxy) is 3. The highest BCUT2D eigenvalue weighted by Crippen LogP contribution is 2.33. The van der Waals surface area contributed by atoms with Crippen molar-refractivity contribution in [2.45, 2.75) is 52.2 Å². The van der Waals surface area contributed by atoms with Crippen LogP contribution in [0.2, 0.25) is 0 Å². The largest absolute Gasteiger partial charge is 0.490 e. The van der Waals surface area contributed by atoms with E-state index in [-0.39, 0.29) is 17.2 Å². The molecule has 0 amide bonds. The van der Waals surface area contributed by atoms with Gasteiger partial charge in [-0.1, -0.05) is 81.2 Å². The molecule has 0 aromatic heterocycles. The van der Waals surface area contributed by atoms with Gasteiger partial charge in [-0.3, -0.25) is 0 Å². The summed E-state index contributed by atoms with van der Waals surface area (Å²) in [4.78, 5) is 0. The first-order valence-electron chi connectivity index (χ1n) is 13.4. The van der Waals surface area contributed by atoms with E-state index in [0.29, 0.717) is 36.5 Å². The Kier molecular flexibility index (Phi) is 10.0. The zero-order valence-electron chi connectivity index (χ0n) is 22.0. The molecule has 1 heterocycles. The Morgan fingerprint density at radius 3 is 2.18 bits per heavy atom. The van der Waals surface area contributed by atoms with Gasteiger partial charge < -0.3 is 14.2 Å². The van der Waals surface area contributed by atoms with E-state index < -0.39 is 23.7 Å². The fourth-order valence-electron chi connectivity index (χ4n) is 4.58. The van der Waals surface area contributed by atoms with Gasteiger partial charge in [0.05, 0.1) is 19.8 Å². The third-order valence-electron chi connectivity index (χ3n) is 6.72. The molecule has 1 fully saturated rings. The SMILES string of the molecule is C/C=C/C1COC(c2ccc(-c3ccc(-c4ccc(OCCCCCCC)c(F)c4F)cc3)cc2F)OC1. The highest BCUT2D eigenvalue weighted by molar-refractivity contribution is 5.71. The number of hydrogen-bond donors (Lipinski definition) is 0. The standard InChI is InChI=1S/C32H35F3O3/c1-3-5-6-7-8-18-36-29-17-16-26(30(34)31(29)35)24-12-10-23(11-13-24)25-14-15-27(28(33)19-25)32-37-20-22(9-4-2)21-38-32/h4,9-17,19,22,32H,3,5-8,18,20-21H2,1-2H3/b9-4+. The summed E-state index contributed by atoms with van der Waals surface area (Å²) in [6, 6.07) is 14.8. The molecule has 1 aliphatic rings. The third kappa shape index (κ3) is 6.86. The van der Waals surface area contributed by atoms with Crippen LogP contribution >= 0.6 is 0 Å². The summed E-state index contributed by atoms with van der Waals surface area (Å²) < 4.78 is 61.3. The van der Waals surface area contributed by atoms with E-state index in [1.54, 1.807) is 36.4 Å². The molecule has 3 nitrogen and oxygen atoms in total. The van der Waals surface area contributed by atoms with E-state index in [1.165, 1.54) is 24.6 Å². The quantitative estimate of drug-likeness (QED) is 0.185. The van der Waals surface area contributed by atoms with Crippen LogP contribution in [-0.4, -0.2) is 19.8 Å². The summed E-state index contributed by atoms with van der Waals surface area (Å²) in [6.07, 6.45) is 8.47. The van der Waals surface area contributed by atoms with Gasteiger partial charge in [0.15, 0.2) is 17.9 Å². The lowest BCUT2D eigenvalue weighted by Crippen LogP contribution is -2.26. The Labute approximate surface area is 223 Å². The molecule has 0 saturated carbocycles. The smallest absolute Gasteiger partial charge is 0.201 e. The second-order valence-corrected chi connectivity index (χ2v) is 9.60. The summed E-state index contributed by atoms with van der Waals surface area (Å²) in [6.45, 7) is 5.39. The average molecular weight is 525 g/mol. The zero-order chi connectivity index (χ0) is 26.9. The van der Waals surface area contributed by atoms with E-state index in [0.717, 1.165) is 31.2 Å². The lowest BCUT2D eigenvalue weighted by atomic mass is 9.98. The van der Waals surface area contributed by atoms with Crippen LogP contribution in [0.15, 0.2) is 66.7 Å². The number of allylic oxidation sites excluding steroid dienone is 1. The van der Waals surface area contributed by atoms with E-state index in [4.69, 9.17) is 14.2 Å². The Morgan fingerprint density at radius 2 is 1.50 bits per heavy atom. The van der Waals surface area contributed by atoms with Crippen molar-refractivity contribution in [2.24, 2.45) is 5.92 Å². The van der Waals surface area contributed by atoms with Crippen LogP contribution in [0, 0.1) is 23.4 Å². The van der Waals surface area contributed by atoms with Crippen molar-refractivity contribution < 1.29 is 27.4 Å². The topological polar surface area (TPSA) is 27.7 Å². The van der Waals surface area contributed by atoms with Crippen LogP contribution < -0.4 is 4.74 Å². The van der Waals surface area contributed by atoms with Crippen LogP contribution in [0.4, 0.5) is 13.2 Å². The van der Waals surface area contributed by atoms with Crippen molar-refractivity contribution in [1.29, 1.82) is 0 Å². The predicted octanol–water partition coefficient (Wildman–Crippen LogP) is 9.02. The number of unbranched alkanes of at least 4 members (excludes halogenated alkanes) is 4. The van der Waals surface area contributed by atoms with Crippen LogP contribution in [0.25, 0.3) is 22.3 Å². The molecular formula is C32H35F3O3. The highest BCUT2D eigenvalue weighted by Gasteiger charge is 2.24. The fraction of sp³-hybridized carbons (Fsp3) is 0.375. The molecule has 0 N–H and O–H groups in total. The maximum Gasteiger partial charge on any atom is 0.201 e. The normalized spacial score (nSPS) is 17.7. The lowest BCUT2D eigenvalue weighted by molar-refractivity contribution is -0.198. The van der Waals surface area contributed by atoms with E-state index in [2.05, 4.69) is 6.92 Å². The maximum absolute atomic E-state index is 14.9. The summed E-state index contributed by atoms with van der Waals surface area (Å²) in [5.41, 5.74) is 2.43. The molecule has 1 saturated heterocycles. The molecule has 0 atom stereocenters. The predicted molar refractivity (Wildman–Crippen MR) is 144 cm³/mol. The lowest BCUT2D eigenvalue weighted by Gasteiger charge is -2.28. The minimum atomic E-state index is -0.984. The molecule has 3 aromatic rings. The molecule has 1 aliphatic heterocycles. The van der Waals surface area contributed by atoms with Gasteiger partial charge >= 0.3 is 0 Å². The molecule has 0 unspecified atom stereocenters. The van der Waals surface area contributed by atoms with Gasteiger partial charge in [-0.05, 0) is 48.2 Å². The van der Waals surface area contributed by atoms with Gasteiger partial charge in [0.1, 0.15) is 5.82 Å². The van der Waals surface area contributed by atoms with E-state index in [9.17, 15) is 13.2 Å². The molecule has 38 heavy (non-hydrogen) atoms. The first kappa shape index (κ1) is 27.9. The molecule has 0 aliphatic carbocycles. The average Bonchev–Trinajstić information content (AvgIpc) is 2.94. The fourth-order valence-corrected chi connectivity index (χ4v) is 4.58. The van der Waals surface area contributed by atoms with Gasteiger partial charge in [-0.2, -0.15) is 4.39 Å². The number of rotatable bonds is 11. The Hall–Kier alpha value is -3.09. The molecule has 3 aromatic carbocycles. The first-order chi connectivity index (χ1) is 18.5. The van der Waals surface area contributed by atoms with Crippen LogP contribution in [-0.2, 0) is 9.47 Å². The van der Waals surface area contributed by atoms with Crippen LogP contribution in [0.3, 0.4) is 0 Å². The van der Waals surface area contributed by atoms with Crippen molar-refractivity contribution in [3.05, 3.63) is 89.8 Å². The summed E-state index contributed by atoms with van der Waals surface area (Å²) in [5, 5.41) is 0. The molecule has 6 heteroatoms. The van der Waals surface area contributed by atoms with Crippen molar-refractivity contribution >= 4 is 0 Å². The van der Waals surface area contributed by atoms with Crippen molar-refractivity contribution in [3.63, 3.8) is 0 Å². The van der Waals surface area contributed by atoms with Crippen molar-refractivity contribution in [3.8, 4) is 28.0 Å². The Balaban J connectivity index is 1.41. The minimum Gasteiger partial charge on any atom is -0.490 e. The number of benzene rings is 3. The van der Waals surface area contributed by atoms with Gasteiger partial charge in [0.2, 0.25) is 5.82 Å². The second kappa shape index (κ2) is 13.6. The minimum absolute atomic E-state index is 0.0720. The Bertz CT molecular complexity index is 1220. The zero-order valence-corrected chi connectivity index (χ0v) is 22.0. The molecule has 4 rings (SSSR count). The molecular weight excluding hydrogens is 489 g/mol. The van der Waals surface area contributed by atoms with Crippen LogP contribution in [0.5, 0.6) is 5.75 Å². The molecule has 202 valence electrons. The second-order valence-electron chi connectivity index (χ2n) is 9.60. The number of halogens is 3. The number of hydrogen-bond acceptors (Lipinski definition) is 3. The summed E-state index contributed by atoms with van der Waals surface area (Å²) >= 11 is 0. The maximum atomic E-state index is 14.9. The summed E-state index contributed by atoms with van der Waals surface area (Å²) in [7, 11) is 0. The third-order valence-corrected chi connectivity index (χ3v) is 6.72.